The standard InChI is InChI=1S/C8H10N6O2/c1-4-3-5(16-8(15)10-2)13-14-6(4)11-12-7(14)9/h3H,1-2H3,(H2,9,12)(H,10,15). The number of hydrogen-bond donors (Lipinski definition) is 2. The summed E-state index contributed by atoms with van der Waals surface area (Å²) in [6, 6.07) is 1.58. The fourth-order valence-corrected chi connectivity index (χ4v) is 1.21. The molecule has 2 rings (SSSR count). The number of fused-ring (bicyclic) bond motifs is 1. The smallest absolute Gasteiger partial charge is 0.390 e. The van der Waals surface area contributed by atoms with Gasteiger partial charge >= 0.3 is 6.09 Å². The predicted molar refractivity (Wildman–Crippen MR) is 55.0 cm³/mol. The maximum Gasteiger partial charge on any atom is 0.413 e. The van der Waals surface area contributed by atoms with Gasteiger partial charge in [-0.2, -0.15) is 4.52 Å². The van der Waals surface area contributed by atoms with Gasteiger partial charge in [0.15, 0.2) is 5.65 Å². The molecule has 2 aromatic rings. The Labute approximate surface area is 90.4 Å². The predicted octanol–water partition coefficient (Wildman–Crippen LogP) is -0.267. The summed E-state index contributed by atoms with van der Waals surface area (Å²) < 4.78 is 6.20. The highest BCUT2D eigenvalue weighted by atomic mass is 16.6. The number of amides is 1. The minimum Gasteiger partial charge on any atom is -0.390 e. The molecule has 0 bridgehead atoms. The van der Waals surface area contributed by atoms with Crippen LogP contribution in [-0.4, -0.2) is 33.0 Å². The Morgan fingerprint density at radius 3 is 3.00 bits per heavy atom. The maximum absolute atomic E-state index is 11.0. The average molecular weight is 222 g/mol. The molecule has 16 heavy (non-hydrogen) atoms. The van der Waals surface area contributed by atoms with E-state index in [0.29, 0.717) is 5.65 Å². The molecule has 2 aromatic heterocycles. The number of aromatic nitrogens is 4. The number of nitrogens with zero attached hydrogens (tertiary/aromatic N) is 4. The van der Waals surface area contributed by atoms with Crippen LogP contribution in [0.1, 0.15) is 5.56 Å². The minimum atomic E-state index is -0.599. The fraction of sp³-hybridized carbons (Fsp3) is 0.250. The minimum absolute atomic E-state index is 0.135. The van der Waals surface area contributed by atoms with Crippen LogP contribution in [0.25, 0.3) is 5.65 Å². The molecule has 0 aliphatic rings. The van der Waals surface area contributed by atoms with Crippen molar-refractivity contribution in [3.63, 3.8) is 0 Å². The first-order valence-corrected chi connectivity index (χ1v) is 4.50. The van der Waals surface area contributed by atoms with Gasteiger partial charge in [-0.1, -0.05) is 0 Å². The maximum atomic E-state index is 11.0. The molecule has 1 amide bonds. The Morgan fingerprint density at radius 1 is 1.56 bits per heavy atom. The second-order valence-corrected chi connectivity index (χ2v) is 3.10. The summed E-state index contributed by atoms with van der Waals surface area (Å²) in [6.07, 6.45) is -0.599. The lowest BCUT2D eigenvalue weighted by atomic mass is 10.3. The van der Waals surface area contributed by atoms with Gasteiger partial charge < -0.3 is 15.8 Å². The molecule has 0 aliphatic heterocycles. The number of aryl methyl sites for hydroxylation is 1. The molecular weight excluding hydrogens is 212 g/mol. The van der Waals surface area contributed by atoms with Crippen molar-refractivity contribution in [1.82, 2.24) is 25.1 Å². The summed E-state index contributed by atoms with van der Waals surface area (Å²) in [6.45, 7) is 1.79. The zero-order valence-corrected chi connectivity index (χ0v) is 8.76. The van der Waals surface area contributed by atoms with Crippen LogP contribution in [-0.2, 0) is 0 Å². The molecule has 0 spiro atoms. The molecule has 0 saturated heterocycles. The highest BCUT2D eigenvalue weighted by molar-refractivity contribution is 5.69. The van der Waals surface area contributed by atoms with Gasteiger partial charge in [0.05, 0.1) is 0 Å². The van der Waals surface area contributed by atoms with Crippen LogP contribution in [0.2, 0.25) is 0 Å². The van der Waals surface area contributed by atoms with Gasteiger partial charge in [0.1, 0.15) is 0 Å². The van der Waals surface area contributed by atoms with E-state index in [1.807, 2.05) is 0 Å². The molecule has 2 heterocycles. The van der Waals surface area contributed by atoms with Gasteiger partial charge in [0.2, 0.25) is 11.8 Å². The summed E-state index contributed by atoms with van der Waals surface area (Å²) in [7, 11) is 1.46. The molecule has 0 unspecified atom stereocenters. The van der Waals surface area contributed by atoms with E-state index >= 15 is 0 Å². The monoisotopic (exact) mass is 222 g/mol. The Bertz CT molecular complexity index is 549. The second kappa shape index (κ2) is 3.65. The molecule has 0 saturated carbocycles. The van der Waals surface area contributed by atoms with E-state index in [1.165, 1.54) is 11.6 Å². The van der Waals surface area contributed by atoms with Crippen LogP contribution < -0.4 is 15.8 Å². The lowest BCUT2D eigenvalue weighted by Crippen LogP contribution is -2.23. The van der Waals surface area contributed by atoms with Gasteiger partial charge in [-0.25, -0.2) is 4.79 Å². The molecule has 3 N–H and O–H groups in total. The van der Waals surface area contributed by atoms with Crippen molar-refractivity contribution < 1.29 is 9.53 Å². The highest BCUT2D eigenvalue weighted by Crippen LogP contribution is 2.15. The first kappa shape index (κ1) is 10.1. The molecule has 0 aliphatic carbocycles. The number of rotatable bonds is 1. The number of nitrogen functional groups attached to an aromatic ring is 1. The van der Waals surface area contributed by atoms with Crippen LogP contribution in [0.3, 0.4) is 0 Å². The quantitative estimate of drug-likeness (QED) is 0.687. The van der Waals surface area contributed by atoms with Gasteiger partial charge in [0.25, 0.3) is 0 Å². The Balaban J connectivity index is 2.48. The van der Waals surface area contributed by atoms with Crippen molar-refractivity contribution in [2.75, 3.05) is 12.8 Å². The van der Waals surface area contributed by atoms with Crippen LogP contribution in [0.4, 0.5) is 10.7 Å². The second-order valence-electron chi connectivity index (χ2n) is 3.10. The fourth-order valence-electron chi connectivity index (χ4n) is 1.21. The third-order valence-corrected chi connectivity index (χ3v) is 1.96. The molecule has 0 fully saturated rings. The van der Waals surface area contributed by atoms with E-state index in [1.54, 1.807) is 13.0 Å². The molecule has 0 aromatic carbocycles. The van der Waals surface area contributed by atoms with Crippen molar-refractivity contribution in [3.8, 4) is 5.88 Å². The summed E-state index contributed by atoms with van der Waals surface area (Å²) in [4.78, 5) is 11.0. The summed E-state index contributed by atoms with van der Waals surface area (Å²) in [5.41, 5.74) is 6.84. The number of anilines is 1. The van der Waals surface area contributed by atoms with E-state index in [-0.39, 0.29) is 11.8 Å². The largest absolute Gasteiger partial charge is 0.413 e. The number of ether oxygens (including phenoxy) is 1. The molecule has 84 valence electrons. The summed E-state index contributed by atoms with van der Waals surface area (Å²) in [5.74, 6) is 0.274. The molecule has 0 atom stereocenters. The number of carbonyl (C=O) groups excluding carboxylic acids is 1. The van der Waals surface area contributed by atoms with E-state index in [4.69, 9.17) is 10.5 Å². The first-order valence-electron chi connectivity index (χ1n) is 4.50. The lowest BCUT2D eigenvalue weighted by Gasteiger charge is -2.04. The molecule has 0 radical (unpaired) electrons. The van der Waals surface area contributed by atoms with E-state index in [9.17, 15) is 4.79 Å². The van der Waals surface area contributed by atoms with Gasteiger partial charge in [-0.05, 0) is 6.92 Å². The number of carbonyl (C=O) groups is 1. The molecule has 8 heteroatoms. The van der Waals surface area contributed by atoms with Gasteiger partial charge in [0, 0.05) is 18.7 Å². The number of nitrogens with two attached hydrogens (primary N) is 1. The van der Waals surface area contributed by atoms with Gasteiger partial charge in [-0.3, -0.25) is 0 Å². The lowest BCUT2D eigenvalue weighted by molar-refractivity contribution is 0.200. The normalized spacial score (nSPS) is 10.4. The van der Waals surface area contributed by atoms with Crippen molar-refractivity contribution in [2.45, 2.75) is 6.92 Å². The van der Waals surface area contributed by atoms with Crippen LogP contribution in [0.5, 0.6) is 5.88 Å². The van der Waals surface area contributed by atoms with Crippen LogP contribution in [0.15, 0.2) is 6.07 Å². The van der Waals surface area contributed by atoms with Crippen molar-refractivity contribution in [1.29, 1.82) is 0 Å². The SMILES string of the molecule is CNC(=O)Oc1cc(C)c2nnc(N)n2n1. The van der Waals surface area contributed by atoms with Crippen LogP contribution >= 0.6 is 0 Å². The average Bonchev–Trinajstić information content (AvgIpc) is 2.61. The number of nitrogens with one attached hydrogen (secondary N) is 1. The summed E-state index contributed by atoms with van der Waals surface area (Å²) in [5, 5.41) is 13.8. The van der Waals surface area contributed by atoms with E-state index < -0.39 is 6.09 Å². The van der Waals surface area contributed by atoms with E-state index in [0.717, 1.165) is 5.56 Å². The highest BCUT2D eigenvalue weighted by Gasteiger charge is 2.10. The van der Waals surface area contributed by atoms with Crippen molar-refractivity contribution in [3.05, 3.63) is 11.6 Å². The third kappa shape index (κ3) is 1.60. The van der Waals surface area contributed by atoms with Crippen LogP contribution in [0, 0.1) is 6.92 Å². The topological polar surface area (TPSA) is 107 Å². The van der Waals surface area contributed by atoms with Gasteiger partial charge in [-0.15, -0.1) is 15.3 Å². The first-order chi connectivity index (χ1) is 7.61. The zero-order chi connectivity index (χ0) is 11.7. The van der Waals surface area contributed by atoms with E-state index in [2.05, 4.69) is 20.6 Å². The van der Waals surface area contributed by atoms with Crippen molar-refractivity contribution >= 4 is 17.7 Å². The Kier molecular flexibility index (Phi) is 2.31. The zero-order valence-electron chi connectivity index (χ0n) is 8.76. The Hall–Kier alpha value is -2.38. The molecular formula is C8H10N6O2. The Morgan fingerprint density at radius 2 is 2.31 bits per heavy atom. The molecule has 8 nitrogen and oxygen atoms in total. The third-order valence-electron chi connectivity index (χ3n) is 1.96. The van der Waals surface area contributed by atoms with Crippen molar-refractivity contribution in [2.24, 2.45) is 0 Å². The number of hydrogen-bond acceptors (Lipinski definition) is 6. The summed E-state index contributed by atoms with van der Waals surface area (Å²) >= 11 is 0.